The number of carbonyl (C=O) groups excluding carboxylic acids is 4. The van der Waals surface area contributed by atoms with Crippen LogP contribution in [0, 0.1) is 19.8 Å². The summed E-state index contributed by atoms with van der Waals surface area (Å²) in [4.78, 5) is 55.9. The quantitative estimate of drug-likeness (QED) is 0.278. The lowest BCUT2D eigenvalue weighted by Gasteiger charge is -2.21. The average molecular weight is 428 g/mol. The molecular weight excluding hydrogens is 408 g/mol. The molecule has 7 heteroatoms. The molecule has 160 valence electrons. The topological polar surface area (TPSA) is 102 Å². The molecule has 0 saturated heterocycles. The lowest BCUT2D eigenvalue weighted by Crippen LogP contribution is -2.38. The monoisotopic (exact) mass is 428 g/mol. The fourth-order valence-electron chi connectivity index (χ4n) is 3.84. The van der Waals surface area contributed by atoms with Crippen LogP contribution in [0.2, 0.25) is 0 Å². The molecule has 3 aromatic rings. The van der Waals surface area contributed by atoms with E-state index in [2.05, 4.69) is 10.3 Å². The van der Waals surface area contributed by atoms with Crippen LogP contribution >= 0.6 is 0 Å². The number of para-hydroxylation sites is 1. The van der Waals surface area contributed by atoms with Crippen molar-refractivity contribution in [2.24, 2.45) is 5.92 Å². The maximum absolute atomic E-state index is 13.4. The largest absolute Gasteiger partial charge is 0.453 e. The molecule has 0 bridgehead atoms. The second kappa shape index (κ2) is 8.55. The first kappa shape index (κ1) is 21.1. The van der Waals surface area contributed by atoms with Gasteiger partial charge in [0.25, 0.3) is 5.91 Å². The lowest BCUT2D eigenvalue weighted by molar-refractivity contribution is -0.138. The van der Waals surface area contributed by atoms with Crippen molar-refractivity contribution < 1.29 is 23.9 Å². The third kappa shape index (κ3) is 3.80. The maximum Gasteiger partial charge on any atom is 0.339 e. The van der Waals surface area contributed by atoms with Crippen LogP contribution in [-0.2, 0) is 14.3 Å². The molecule has 1 amide bonds. The Bertz CT molecular complexity index is 1220. The van der Waals surface area contributed by atoms with E-state index in [9.17, 15) is 19.2 Å². The summed E-state index contributed by atoms with van der Waals surface area (Å²) in [5, 5.41) is 2.63. The van der Waals surface area contributed by atoms with E-state index >= 15 is 0 Å². The van der Waals surface area contributed by atoms with Crippen LogP contribution in [-0.4, -0.2) is 28.4 Å². The number of Topliss-reactive ketones (excluding diaryl/α,β-unsaturated/α-hetero) is 2. The molecule has 7 nitrogen and oxygen atoms in total. The Morgan fingerprint density at radius 2 is 1.59 bits per heavy atom. The summed E-state index contributed by atoms with van der Waals surface area (Å²) in [5.41, 5.74) is 2.93. The first-order chi connectivity index (χ1) is 15.4. The van der Waals surface area contributed by atoms with Gasteiger partial charge in [-0.2, -0.15) is 0 Å². The molecule has 0 radical (unpaired) electrons. The summed E-state index contributed by atoms with van der Waals surface area (Å²) in [7, 11) is 0. The Morgan fingerprint density at radius 1 is 0.938 bits per heavy atom. The summed E-state index contributed by atoms with van der Waals surface area (Å²) >= 11 is 0. The Labute approximate surface area is 184 Å². The van der Waals surface area contributed by atoms with Crippen LogP contribution in [0.4, 0.5) is 5.69 Å². The van der Waals surface area contributed by atoms with E-state index < -0.39 is 35.5 Å². The number of hydrogen-bond acceptors (Lipinski definition) is 6. The van der Waals surface area contributed by atoms with Gasteiger partial charge in [-0.15, -0.1) is 0 Å². The SMILES string of the molecule is Cc1cccc(C)c1NC(=O)C(=O)[C@@H](C(=O)c1ccncc1)[C@H]1OC(=O)c2ccccc21. The van der Waals surface area contributed by atoms with Crippen LogP contribution in [0.1, 0.15) is 43.5 Å². The highest BCUT2D eigenvalue weighted by molar-refractivity contribution is 6.45. The Kier molecular flexibility index (Phi) is 5.64. The van der Waals surface area contributed by atoms with Crippen LogP contribution in [0.15, 0.2) is 67.0 Å². The van der Waals surface area contributed by atoms with E-state index in [1.807, 2.05) is 32.0 Å². The highest BCUT2D eigenvalue weighted by atomic mass is 16.5. The predicted molar refractivity (Wildman–Crippen MR) is 116 cm³/mol. The minimum atomic E-state index is -1.53. The first-order valence-electron chi connectivity index (χ1n) is 10.0. The third-order valence-corrected chi connectivity index (χ3v) is 5.50. The number of cyclic esters (lactones) is 1. The summed E-state index contributed by atoms with van der Waals surface area (Å²) in [6, 6.07) is 14.9. The summed E-state index contributed by atoms with van der Waals surface area (Å²) in [6.07, 6.45) is 1.64. The molecule has 0 unspecified atom stereocenters. The van der Waals surface area contributed by atoms with Crippen molar-refractivity contribution >= 4 is 29.1 Å². The Balaban J connectivity index is 1.73. The molecule has 32 heavy (non-hydrogen) atoms. The molecule has 1 N–H and O–H groups in total. The number of esters is 1. The molecule has 1 aromatic heterocycles. The molecular formula is C25H20N2O5. The summed E-state index contributed by atoms with van der Waals surface area (Å²) in [5.74, 6) is -4.72. The predicted octanol–water partition coefficient (Wildman–Crippen LogP) is 3.62. The van der Waals surface area contributed by atoms with Crippen LogP contribution in [0.5, 0.6) is 0 Å². The number of rotatable bonds is 6. The number of nitrogens with zero attached hydrogens (tertiary/aromatic N) is 1. The van der Waals surface area contributed by atoms with Crippen molar-refractivity contribution in [2.75, 3.05) is 5.32 Å². The van der Waals surface area contributed by atoms with Crippen LogP contribution < -0.4 is 5.32 Å². The van der Waals surface area contributed by atoms with Gasteiger partial charge < -0.3 is 10.1 Å². The van der Waals surface area contributed by atoms with E-state index in [4.69, 9.17) is 4.74 Å². The minimum absolute atomic E-state index is 0.193. The normalized spacial score (nSPS) is 15.4. The van der Waals surface area contributed by atoms with Gasteiger partial charge in [0.1, 0.15) is 12.0 Å². The molecule has 2 aromatic carbocycles. The van der Waals surface area contributed by atoms with Gasteiger partial charge in [-0.3, -0.25) is 19.4 Å². The number of ketones is 2. The van der Waals surface area contributed by atoms with Gasteiger partial charge >= 0.3 is 5.97 Å². The van der Waals surface area contributed by atoms with Crippen molar-refractivity contribution in [1.29, 1.82) is 0 Å². The standard InChI is InChI=1S/C25H20N2O5/c1-14-6-5-7-15(2)20(14)27-24(30)22(29)19(21(28)16-10-12-26-13-11-16)23-17-8-3-4-9-18(17)25(31)32-23/h3-13,19,23H,1-2H3,(H,27,30)/t19-,23+/m1/s1. The molecule has 1 aliphatic rings. The van der Waals surface area contributed by atoms with Crippen LogP contribution in [0.3, 0.4) is 0 Å². The third-order valence-electron chi connectivity index (χ3n) is 5.50. The number of carbonyl (C=O) groups is 4. The lowest BCUT2D eigenvalue weighted by atomic mass is 9.85. The highest BCUT2D eigenvalue weighted by Gasteiger charge is 2.46. The number of ether oxygens (including phenoxy) is 1. The van der Waals surface area contributed by atoms with Gasteiger partial charge in [-0.25, -0.2) is 4.79 Å². The second-order valence-corrected chi connectivity index (χ2v) is 7.58. The fraction of sp³-hybridized carbons (Fsp3) is 0.160. The molecule has 0 aliphatic carbocycles. The number of nitrogens with one attached hydrogen (secondary N) is 1. The van der Waals surface area contributed by atoms with E-state index in [1.165, 1.54) is 24.5 Å². The maximum atomic E-state index is 13.4. The molecule has 0 fully saturated rings. The molecule has 2 atom stereocenters. The fourth-order valence-corrected chi connectivity index (χ4v) is 3.84. The molecule has 1 aliphatic heterocycles. The highest BCUT2D eigenvalue weighted by Crippen LogP contribution is 2.38. The smallest absolute Gasteiger partial charge is 0.339 e. The zero-order chi connectivity index (χ0) is 22.8. The van der Waals surface area contributed by atoms with Gasteiger partial charge in [-0.1, -0.05) is 36.4 Å². The average Bonchev–Trinajstić information content (AvgIpc) is 3.13. The summed E-state index contributed by atoms with van der Waals surface area (Å²) in [6.45, 7) is 3.61. The second-order valence-electron chi connectivity index (χ2n) is 7.58. The number of anilines is 1. The van der Waals surface area contributed by atoms with Crippen molar-refractivity contribution in [3.8, 4) is 0 Å². The number of benzene rings is 2. The molecule has 4 rings (SSSR count). The van der Waals surface area contributed by atoms with Gasteiger partial charge in [-0.05, 0) is 43.2 Å². The van der Waals surface area contributed by atoms with E-state index in [0.717, 1.165) is 11.1 Å². The minimum Gasteiger partial charge on any atom is -0.453 e. The van der Waals surface area contributed by atoms with E-state index in [-0.39, 0.29) is 11.1 Å². The van der Waals surface area contributed by atoms with Crippen LogP contribution in [0.25, 0.3) is 0 Å². The first-order valence-corrected chi connectivity index (χ1v) is 10.0. The Morgan fingerprint density at radius 3 is 2.28 bits per heavy atom. The van der Waals surface area contributed by atoms with Crippen molar-refractivity contribution in [3.05, 3.63) is 94.8 Å². The van der Waals surface area contributed by atoms with E-state index in [1.54, 1.807) is 24.3 Å². The van der Waals surface area contributed by atoms with Crippen molar-refractivity contribution in [2.45, 2.75) is 20.0 Å². The zero-order valence-electron chi connectivity index (χ0n) is 17.5. The number of hydrogen-bond donors (Lipinski definition) is 1. The van der Waals surface area contributed by atoms with Gasteiger partial charge in [0.2, 0.25) is 5.78 Å². The van der Waals surface area contributed by atoms with E-state index in [0.29, 0.717) is 11.3 Å². The zero-order valence-corrected chi connectivity index (χ0v) is 17.5. The molecule has 0 saturated carbocycles. The van der Waals surface area contributed by atoms with Gasteiger partial charge in [0.05, 0.1) is 5.56 Å². The number of aryl methyl sites for hydroxylation is 2. The van der Waals surface area contributed by atoms with Crippen molar-refractivity contribution in [3.63, 3.8) is 0 Å². The summed E-state index contributed by atoms with van der Waals surface area (Å²) < 4.78 is 5.43. The number of amides is 1. The van der Waals surface area contributed by atoms with Crippen molar-refractivity contribution in [1.82, 2.24) is 4.98 Å². The molecule has 2 heterocycles. The number of pyridine rings is 1. The molecule has 0 spiro atoms. The van der Waals surface area contributed by atoms with Gasteiger partial charge in [0.15, 0.2) is 5.78 Å². The number of aromatic nitrogens is 1. The number of fused-ring (bicyclic) bond motifs is 1. The van der Waals surface area contributed by atoms with Gasteiger partial charge in [0, 0.05) is 29.2 Å². The Hall–Kier alpha value is -4.13.